The highest BCUT2D eigenvalue weighted by Crippen LogP contribution is 2.08. The van der Waals surface area contributed by atoms with Gasteiger partial charge in [0.25, 0.3) is 0 Å². The van der Waals surface area contributed by atoms with Gasteiger partial charge in [-0.25, -0.2) is 0 Å². The summed E-state index contributed by atoms with van der Waals surface area (Å²) in [6, 6.07) is 0.0805. The second-order valence-corrected chi connectivity index (χ2v) is 4.28. The average Bonchev–Trinajstić information content (AvgIpc) is 2.24. The fraction of sp³-hybridized carbons (Fsp3) is 0.636. The summed E-state index contributed by atoms with van der Waals surface area (Å²) < 4.78 is 0. The number of hydrogen-bond acceptors (Lipinski definition) is 2. The minimum Gasteiger partial charge on any atom is -0.330 e. The smallest absolute Gasteiger partial charge is 0.312 e. The number of carbonyl (C=O) groups excluding carboxylic acids is 2. The van der Waals surface area contributed by atoms with Crippen molar-refractivity contribution in [3.63, 3.8) is 0 Å². The summed E-state index contributed by atoms with van der Waals surface area (Å²) in [5, 5.41) is 0. The maximum atomic E-state index is 11.7. The molecule has 2 amide bonds. The molecule has 0 aromatic rings. The fourth-order valence-corrected chi connectivity index (χ4v) is 1.75. The Kier molecular flexibility index (Phi) is 4.80. The molecule has 16 heavy (non-hydrogen) atoms. The van der Waals surface area contributed by atoms with Crippen molar-refractivity contribution in [1.82, 2.24) is 9.80 Å². The van der Waals surface area contributed by atoms with Gasteiger partial charge >= 0.3 is 11.8 Å². The molecule has 0 aliphatic carbocycles. The highest BCUT2D eigenvalue weighted by Gasteiger charge is 2.32. The Morgan fingerprint density at radius 1 is 1.25 bits per heavy atom. The molecule has 1 saturated heterocycles. The molecule has 0 radical (unpaired) electrons. The SMILES string of the molecule is CC(C)N1CCN(C/C=C/CCl)C(=O)C1=O. The molecule has 0 atom stereocenters. The molecule has 0 aromatic heterocycles. The number of hydrogen-bond donors (Lipinski definition) is 0. The van der Waals surface area contributed by atoms with E-state index in [0.29, 0.717) is 25.5 Å². The number of alkyl halides is 1. The molecule has 1 aliphatic heterocycles. The van der Waals surface area contributed by atoms with Crippen LogP contribution in [0.3, 0.4) is 0 Å². The van der Waals surface area contributed by atoms with Gasteiger partial charge in [-0.2, -0.15) is 0 Å². The number of carbonyl (C=O) groups is 2. The van der Waals surface area contributed by atoms with E-state index in [1.54, 1.807) is 15.9 Å². The third-order valence-corrected chi connectivity index (χ3v) is 2.72. The van der Waals surface area contributed by atoms with Gasteiger partial charge in [0, 0.05) is 31.6 Å². The lowest BCUT2D eigenvalue weighted by molar-refractivity contribution is -0.156. The largest absolute Gasteiger partial charge is 0.330 e. The molecule has 1 heterocycles. The zero-order valence-corrected chi connectivity index (χ0v) is 10.4. The van der Waals surface area contributed by atoms with Gasteiger partial charge in [-0.15, -0.1) is 11.6 Å². The molecule has 0 aromatic carbocycles. The van der Waals surface area contributed by atoms with Gasteiger partial charge in [0.2, 0.25) is 0 Å². The minimum atomic E-state index is -0.417. The summed E-state index contributed by atoms with van der Waals surface area (Å²) in [7, 11) is 0. The van der Waals surface area contributed by atoms with Crippen LogP contribution in [-0.2, 0) is 9.59 Å². The third-order valence-electron chi connectivity index (χ3n) is 2.55. The molecule has 0 spiro atoms. The van der Waals surface area contributed by atoms with Crippen molar-refractivity contribution < 1.29 is 9.59 Å². The molecule has 0 bridgehead atoms. The van der Waals surface area contributed by atoms with E-state index < -0.39 is 11.8 Å². The molecule has 4 nitrogen and oxygen atoms in total. The summed E-state index contributed by atoms with van der Waals surface area (Å²) >= 11 is 5.48. The van der Waals surface area contributed by atoms with Gasteiger partial charge in [-0.05, 0) is 13.8 Å². The van der Waals surface area contributed by atoms with Crippen molar-refractivity contribution in [2.45, 2.75) is 19.9 Å². The molecule has 90 valence electrons. The average molecular weight is 245 g/mol. The first-order valence-electron chi connectivity index (χ1n) is 5.38. The molecule has 1 aliphatic rings. The van der Waals surface area contributed by atoms with E-state index in [1.165, 1.54) is 0 Å². The van der Waals surface area contributed by atoms with E-state index in [0.717, 1.165) is 0 Å². The molecular weight excluding hydrogens is 228 g/mol. The summed E-state index contributed by atoms with van der Waals surface area (Å²) in [5.41, 5.74) is 0. The first-order valence-corrected chi connectivity index (χ1v) is 5.92. The van der Waals surface area contributed by atoms with Gasteiger partial charge in [0.1, 0.15) is 0 Å². The monoisotopic (exact) mass is 244 g/mol. The highest BCUT2D eigenvalue weighted by atomic mass is 35.5. The Morgan fingerprint density at radius 3 is 2.50 bits per heavy atom. The predicted octanol–water partition coefficient (Wildman–Crippen LogP) is 0.861. The normalized spacial score (nSPS) is 18.0. The van der Waals surface area contributed by atoms with E-state index in [2.05, 4.69) is 0 Å². The first kappa shape index (κ1) is 13.0. The Bertz CT molecular complexity index is 302. The molecule has 1 fully saturated rings. The van der Waals surface area contributed by atoms with Gasteiger partial charge < -0.3 is 9.80 Å². The van der Waals surface area contributed by atoms with E-state index in [1.807, 2.05) is 19.9 Å². The van der Waals surface area contributed by atoms with Gasteiger partial charge in [0.05, 0.1) is 0 Å². The van der Waals surface area contributed by atoms with Gasteiger partial charge in [0.15, 0.2) is 0 Å². The lowest BCUT2D eigenvalue weighted by atomic mass is 10.2. The number of halogens is 1. The Morgan fingerprint density at radius 2 is 1.94 bits per heavy atom. The summed E-state index contributed by atoms with van der Waals surface area (Å²) in [4.78, 5) is 26.5. The Balaban J connectivity index is 2.58. The van der Waals surface area contributed by atoms with E-state index in [-0.39, 0.29) is 6.04 Å². The summed E-state index contributed by atoms with van der Waals surface area (Å²) in [6.45, 7) is 5.48. The van der Waals surface area contributed by atoms with Crippen LogP contribution in [0.2, 0.25) is 0 Å². The maximum absolute atomic E-state index is 11.7. The van der Waals surface area contributed by atoms with Crippen LogP contribution in [0.1, 0.15) is 13.8 Å². The van der Waals surface area contributed by atoms with Gasteiger partial charge in [-0.3, -0.25) is 9.59 Å². The van der Waals surface area contributed by atoms with Crippen LogP contribution in [0.4, 0.5) is 0 Å². The predicted molar refractivity (Wildman–Crippen MR) is 63.3 cm³/mol. The highest BCUT2D eigenvalue weighted by molar-refractivity contribution is 6.35. The van der Waals surface area contributed by atoms with Crippen LogP contribution >= 0.6 is 11.6 Å². The van der Waals surface area contributed by atoms with E-state index in [4.69, 9.17) is 11.6 Å². The lowest BCUT2D eigenvalue weighted by Crippen LogP contribution is -2.56. The number of rotatable bonds is 4. The number of amides is 2. The topological polar surface area (TPSA) is 40.6 Å². The lowest BCUT2D eigenvalue weighted by Gasteiger charge is -2.35. The molecular formula is C11H17ClN2O2. The molecule has 1 rings (SSSR count). The Hall–Kier alpha value is -1.03. The van der Waals surface area contributed by atoms with Crippen molar-refractivity contribution in [3.05, 3.63) is 12.2 Å². The fourth-order valence-electron chi connectivity index (χ4n) is 1.62. The van der Waals surface area contributed by atoms with Crippen molar-refractivity contribution in [1.29, 1.82) is 0 Å². The molecule has 0 saturated carbocycles. The van der Waals surface area contributed by atoms with Crippen LogP contribution in [0.5, 0.6) is 0 Å². The first-order chi connectivity index (χ1) is 7.57. The number of nitrogens with zero attached hydrogens (tertiary/aromatic N) is 2. The molecule has 0 N–H and O–H groups in total. The number of piperazine rings is 1. The van der Waals surface area contributed by atoms with Crippen LogP contribution in [0.15, 0.2) is 12.2 Å². The van der Waals surface area contributed by atoms with E-state index in [9.17, 15) is 9.59 Å². The minimum absolute atomic E-state index is 0.0805. The van der Waals surface area contributed by atoms with E-state index >= 15 is 0 Å². The van der Waals surface area contributed by atoms with Crippen molar-refractivity contribution >= 4 is 23.4 Å². The summed E-state index contributed by atoms with van der Waals surface area (Å²) in [6.07, 6.45) is 3.58. The zero-order valence-electron chi connectivity index (χ0n) is 9.65. The Labute approximate surface area is 101 Å². The molecule has 5 heteroatoms. The number of allylic oxidation sites excluding steroid dienone is 1. The van der Waals surface area contributed by atoms with Gasteiger partial charge in [-0.1, -0.05) is 12.2 Å². The van der Waals surface area contributed by atoms with Crippen LogP contribution in [-0.4, -0.2) is 53.2 Å². The maximum Gasteiger partial charge on any atom is 0.312 e. The van der Waals surface area contributed by atoms with Crippen LogP contribution in [0.25, 0.3) is 0 Å². The second kappa shape index (κ2) is 5.89. The second-order valence-electron chi connectivity index (χ2n) is 3.97. The van der Waals surface area contributed by atoms with Crippen molar-refractivity contribution in [3.8, 4) is 0 Å². The molecule has 0 unspecified atom stereocenters. The third kappa shape index (κ3) is 2.98. The van der Waals surface area contributed by atoms with Crippen molar-refractivity contribution in [2.75, 3.05) is 25.5 Å². The van der Waals surface area contributed by atoms with Crippen LogP contribution in [0, 0.1) is 0 Å². The zero-order chi connectivity index (χ0) is 12.1. The quantitative estimate of drug-likeness (QED) is 0.418. The van der Waals surface area contributed by atoms with Crippen LogP contribution < -0.4 is 0 Å². The van der Waals surface area contributed by atoms with Crippen molar-refractivity contribution in [2.24, 2.45) is 0 Å². The standard InChI is InChI=1S/C11H17ClN2O2/c1-9(2)14-8-7-13(6-4-3-5-12)10(15)11(14)16/h3-4,9H,5-8H2,1-2H3/b4-3+. The summed E-state index contributed by atoms with van der Waals surface area (Å²) in [5.74, 6) is -0.395.